The molecule has 0 aliphatic carbocycles. The van der Waals surface area contributed by atoms with Crippen LogP contribution in [-0.2, 0) is 11.2 Å². The number of hydrogen-bond donors (Lipinski definition) is 1. The molecule has 2 aliphatic heterocycles. The number of aromatic nitrogens is 2. The summed E-state index contributed by atoms with van der Waals surface area (Å²) >= 11 is 0. The fourth-order valence-electron chi connectivity index (χ4n) is 3.53. The van der Waals surface area contributed by atoms with Crippen LogP contribution in [0.4, 0.5) is 0 Å². The molecule has 2 fully saturated rings. The van der Waals surface area contributed by atoms with Gasteiger partial charge in [0, 0.05) is 19.6 Å². The third kappa shape index (κ3) is 4.75. The van der Waals surface area contributed by atoms with E-state index in [-0.39, 0.29) is 6.04 Å². The van der Waals surface area contributed by atoms with Gasteiger partial charge >= 0.3 is 0 Å². The second-order valence-corrected chi connectivity index (χ2v) is 7.15. The van der Waals surface area contributed by atoms with E-state index in [4.69, 9.17) is 15.0 Å². The Labute approximate surface area is 138 Å². The van der Waals surface area contributed by atoms with E-state index in [0.29, 0.717) is 11.8 Å². The van der Waals surface area contributed by atoms with Crippen molar-refractivity contribution in [1.82, 2.24) is 15.0 Å². The lowest BCUT2D eigenvalue weighted by Gasteiger charge is -2.29. The van der Waals surface area contributed by atoms with Crippen LogP contribution < -0.4 is 5.73 Å². The molecule has 0 radical (unpaired) electrons. The van der Waals surface area contributed by atoms with Crippen LogP contribution in [0.15, 0.2) is 4.52 Å². The third-order valence-electron chi connectivity index (χ3n) is 5.29. The Bertz CT molecular complexity index is 465. The first-order chi connectivity index (χ1) is 11.2. The summed E-state index contributed by atoms with van der Waals surface area (Å²) in [5.74, 6) is 2.68. The van der Waals surface area contributed by atoms with Crippen LogP contribution in [0.1, 0.15) is 56.8 Å². The highest BCUT2D eigenvalue weighted by atomic mass is 16.5. The summed E-state index contributed by atoms with van der Waals surface area (Å²) in [6, 6.07) is -0.149. The maximum Gasteiger partial charge on any atom is 0.243 e. The van der Waals surface area contributed by atoms with Gasteiger partial charge in [0.05, 0.1) is 6.04 Å². The van der Waals surface area contributed by atoms with Gasteiger partial charge in [-0.2, -0.15) is 4.98 Å². The highest BCUT2D eigenvalue weighted by Gasteiger charge is 2.26. The molecular formula is C17H30N4O2. The van der Waals surface area contributed by atoms with E-state index in [2.05, 4.69) is 22.0 Å². The zero-order chi connectivity index (χ0) is 16.1. The number of piperidine rings is 1. The molecule has 0 aromatic carbocycles. The van der Waals surface area contributed by atoms with Gasteiger partial charge in [0.1, 0.15) is 0 Å². The van der Waals surface area contributed by atoms with Gasteiger partial charge in [0.25, 0.3) is 0 Å². The first-order valence-electron chi connectivity index (χ1n) is 9.10. The standard InChI is InChI=1S/C17H30N4O2/c1-13-4-9-21(10-5-13)8-2-3-15-19-17(23-20-15)16(18)14-6-11-22-12-7-14/h13-14,16H,2-12,18H2,1H3/t16-/m0/s1. The monoisotopic (exact) mass is 322 g/mol. The van der Waals surface area contributed by atoms with E-state index < -0.39 is 0 Å². The Morgan fingerprint density at radius 2 is 1.96 bits per heavy atom. The van der Waals surface area contributed by atoms with E-state index in [1.165, 1.54) is 25.9 Å². The molecule has 0 bridgehead atoms. The fourth-order valence-corrected chi connectivity index (χ4v) is 3.53. The highest BCUT2D eigenvalue weighted by molar-refractivity contribution is 4.95. The van der Waals surface area contributed by atoms with Gasteiger partial charge in [-0.3, -0.25) is 0 Å². The van der Waals surface area contributed by atoms with Crippen LogP contribution in [0.25, 0.3) is 0 Å². The van der Waals surface area contributed by atoms with Crippen molar-refractivity contribution in [3.63, 3.8) is 0 Å². The summed E-state index contributed by atoms with van der Waals surface area (Å²) in [5.41, 5.74) is 6.28. The minimum atomic E-state index is -0.149. The van der Waals surface area contributed by atoms with E-state index in [0.717, 1.165) is 57.2 Å². The Kier molecular flexibility index (Phi) is 6.02. The van der Waals surface area contributed by atoms with Crippen molar-refractivity contribution in [2.75, 3.05) is 32.8 Å². The van der Waals surface area contributed by atoms with Gasteiger partial charge in [-0.1, -0.05) is 12.1 Å². The molecule has 2 saturated heterocycles. The van der Waals surface area contributed by atoms with Crippen LogP contribution in [0.3, 0.4) is 0 Å². The van der Waals surface area contributed by atoms with Crippen molar-refractivity contribution in [3.05, 3.63) is 11.7 Å². The van der Waals surface area contributed by atoms with Crippen LogP contribution in [0.2, 0.25) is 0 Å². The van der Waals surface area contributed by atoms with Crippen molar-refractivity contribution in [1.29, 1.82) is 0 Å². The minimum Gasteiger partial charge on any atom is -0.381 e. The fraction of sp³-hybridized carbons (Fsp3) is 0.882. The van der Waals surface area contributed by atoms with E-state index in [1.807, 2.05) is 0 Å². The number of ether oxygens (including phenoxy) is 1. The van der Waals surface area contributed by atoms with Gasteiger partial charge in [-0.25, -0.2) is 0 Å². The predicted octanol–water partition coefficient (Wildman–Crippen LogP) is 2.16. The minimum absolute atomic E-state index is 0.149. The lowest BCUT2D eigenvalue weighted by molar-refractivity contribution is 0.0546. The zero-order valence-corrected chi connectivity index (χ0v) is 14.2. The molecule has 6 heteroatoms. The largest absolute Gasteiger partial charge is 0.381 e. The number of likely N-dealkylation sites (tertiary alicyclic amines) is 1. The van der Waals surface area contributed by atoms with Crippen molar-refractivity contribution >= 4 is 0 Å². The van der Waals surface area contributed by atoms with Crippen LogP contribution in [-0.4, -0.2) is 47.9 Å². The summed E-state index contributed by atoms with van der Waals surface area (Å²) in [6.45, 7) is 7.50. The smallest absolute Gasteiger partial charge is 0.243 e. The van der Waals surface area contributed by atoms with Crippen LogP contribution >= 0.6 is 0 Å². The highest BCUT2D eigenvalue weighted by Crippen LogP contribution is 2.27. The molecule has 3 rings (SSSR count). The van der Waals surface area contributed by atoms with Gasteiger partial charge in [0.2, 0.25) is 5.89 Å². The number of nitrogens with zero attached hydrogens (tertiary/aromatic N) is 3. The number of rotatable bonds is 6. The first kappa shape index (κ1) is 16.9. The Hall–Kier alpha value is -0.980. The summed E-state index contributed by atoms with van der Waals surface area (Å²) in [7, 11) is 0. The molecule has 0 amide bonds. The molecule has 1 atom stereocenters. The average Bonchev–Trinajstić information content (AvgIpc) is 3.06. The van der Waals surface area contributed by atoms with E-state index in [1.54, 1.807) is 0 Å². The van der Waals surface area contributed by atoms with Gasteiger partial charge in [0.15, 0.2) is 5.82 Å². The quantitative estimate of drug-likeness (QED) is 0.865. The van der Waals surface area contributed by atoms with Crippen molar-refractivity contribution in [2.45, 2.75) is 51.5 Å². The SMILES string of the molecule is CC1CCN(CCCc2noc([C@@H](N)C3CCOCC3)n2)CC1. The lowest BCUT2D eigenvalue weighted by Crippen LogP contribution is -2.33. The van der Waals surface area contributed by atoms with Gasteiger partial charge in [-0.05, 0) is 63.6 Å². The molecule has 0 saturated carbocycles. The summed E-state index contributed by atoms with van der Waals surface area (Å²) in [4.78, 5) is 7.07. The Balaban J connectivity index is 1.42. The topological polar surface area (TPSA) is 77.4 Å². The van der Waals surface area contributed by atoms with E-state index >= 15 is 0 Å². The molecule has 0 spiro atoms. The Morgan fingerprint density at radius 3 is 2.70 bits per heavy atom. The molecule has 23 heavy (non-hydrogen) atoms. The second-order valence-electron chi connectivity index (χ2n) is 7.15. The molecule has 3 heterocycles. The third-order valence-corrected chi connectivity index (χ3v) is 5.29. The molecule has 1 aromatic heterocycles. The van der Waals surface area contributed by atoms with Crippen LogP contribution in [0.5, 0.6) is 0 Å². The Morgan fingerprint density at radius 1 is 1.22 bits per heavy atom. The maximum atomic E-state index is 6.28. The maximum absolute atomic E-state index is 6.28. The molecule has 6 nitrogen and oxygen atoms in total. The van der Waals surface area contributed by atoms with Crippen LogP contribution in [0, 0.1) is 11.8 Å². The molecule has 1 aromatic rings. The normalized spacial score (nSPS) is 23.2. The second kappa shape index (κ2) is 8.22. The molecule has 2 aliphatic rings. The summed E-state index contributed by atoms with van der Waals surface area (Å²) < 4.78 is 10.8. The first-order valence-corrected chi connectivity index (χ1v) is 9.10. The number of aryl methyl sites for hydroxylation is 1. The number of nitrogens with two attached hydrogens (primary N) is 1. The average molecular weight is 322 g/mol. The van der Waals surface area contributed by atoms with Crippen molar-refractivity contribution < 1.29 is 9.26 Å². The van der Waals surface area contributed by atoms with Gasteiger partial charge in [-0.15, -0.1) is 0 Å². The summed E-state index contributed by atoms with van der Waals surface area (Å²) in [5, 5.41) is 4.11. The van der Waals surface area contributed by atoms with Crippen molar-refractivity contribution in [3.8, 4) is 0 Å². The van der Waals surface area contributed by atoms with Gasteiger partial charge < -0.3 is 19.9 Å². The lowest BCUT2D eigenvalue weighted by atomic mass is 9.92. The number of hydrogen-bond acceptors (Lipinski definition) is 6. The molecule has 0 unspecified atom stereocenters. The predicted molar refractivity (Wildman–Crippen MR) is 87.9 cm³/mol. The van der Waals surface area contributed by atoms with Crippen molar-refractivity contribution in [2.24, 2.45) is 17.6 Å². The molecule has 130 valence electrons. The molecular weight excluding hydrogens is 292 g/mol. The summed E-state index contributed by atoms with van der Waals surface area (Å²) in [6.07, 6.45) is 6.56. The van der Waals surface area contributed by atoms with E-state index in [9.17, 15) is 0 Å². The molecule has 2 N–H and O–H groups in total. The zero-order valence-electron chi connectivity index (χ0n) is 14.2.